The molecule has 6 heteroatoms. The van der Waals surface area contributed by atoms with E-state index < -0.39 is 11.9 Å². The van der Waals surface area contributed by atoms with E-state index in [0.717, 1.165) is 5.56 Å². The molecule has 0 amide bonds. The highest BCUT2D eigenvalue weighted by Gasteiger charge is 2.25. The first kappa shape index (κ1) is 15.8. The molecule has 0 spiro atoms. The van der Waals surface area contributed by atoms with Crippen LogP contribution in [0, 0.1) is 0 Å². The molecule has 0 atom stereocenters. The van der Waals surface area contributed by atoms with Gasteiger partial charge < -0.3 is 9.47 Å². The highest BCUT2D eigenvalue weighted by Crippen LogP contribution is 2.14. The minimum atomic E-state index is -0.584. The lowest BCUT2D eigenvalue weighted by Crippen LogP contribution is -2.18. The fourth-order valence-electron chi connectivity index (χ4n) is 2.03. The first-order valence-corrected chi connectivity index (χ1v) is 7.11. The third-order valence-corrected chi connectivity index (χ3v) is 2.98. The van der Waals surface area contributed by atoms with Gasteiger partial charge in [0.25, 0.3) is 0 Å². The van der Waals surface area contributed by atoms with Gasteiger partial charge in [0.2, 0.25) is 0 Å². The van der Waals surface area contributed by atoms with Gasteiger partial charge in [-0.1, -0.05) is 30.3 Å². The normalized spacial score (nSPS) is 10.3. The first-order valence-electron chi connectivity index (χ1n) is 7.11. The second-order valence-corrected chi connectivity index (χ2v) is 4.49. The number of aromatic nitrogens is 2. The minimum Gasteiger partial charge on any atom is -0.462 e. The second-order valence-electron chi connectivity index (χ2n) is 4.49. The average Bonchev–Trinajstić information content (AvgIpc) is 2.92. The maximum atomic E-state index is 12.2. The molecule has 1 aromatic heterocycles. The third-order valence-electron chi connectivity index (χ3n) is 2.98. The van der Waals surface area contributed by atoms with Gasteiger partial charge in [-0.25, -0.2) is 9.59 Å². The van der Waals surface area contributed by atoms with Crippen LogP contribution in [0.25, 0.3) is 0 Å². The van der Waals surface area contributed by atoms with Crippen molar-refractivity contribution < 1.29 is 19.1 Å². The molecule has 0 bridgehead atoms. The van der Waals surface area contributed by atoms with Crippen molar-refractivity contribution in [2.24, 2.45) is 0 Å². The number of rotatable bonds is 6. The summed E-state index contributed by atoms with van der Waals surface area (Å²) in [5.74, 6) is -1.16. The number of ether oxygens (including phenoxy) is 2. The Balaban J connectivity index is 2.36. The molecule has 2 rings (SSSR count). The number of hydrogen-bond acceptors (Lipinski definition) is 5. The summed E-state index contributed by atoms with van der Waals surface area (Å²) < 4.78 is 11.4. The van der Waals surface area contributed by atoms with Crippen molar-refractivity contribution in [1.82, 2.24) is 9.78 Å². The van der Waals surface area contributed by atoms with E-state index in [1.165, 1.54) is 10.9 Å². The van der Waals surface area contributed by atoms with Gasteiger partial charge >= 0.3 is 11.9 Å². The summed E-state index contributed by atoms with van der Waals surface area (Å²) in [5.41, 5.74) is 1.20. The number of carbonyl (C=O) groups is 2. The topological polar surface area (TPSA) is 70.4 Å². The van der Waals surface area contributed by atoms with Crippen LogP contribution >= 0.6 is 0 Å². The van der Waals surface area contributed by atoms with Crippen LogP contribution in [0.15, 0.2) is 36.5 Å². The average molecular weight is 302 g/mol. The van der Waals surface area contributed by atoms with Crippen molar-refractivity contribution in [3.63, 3.8) is 0 Å². The molecule has 1 heterocycles. The summed E-state index contributed by atoms with van der Waals surface area (Å²) in [5, 5.41) is 4.13. The fourth-order valence-corrected chi connectivity index (χ4v) is 2.03. The molecular weight excluding hydrogens is 284 g/mol. The Labute approximate surface area is 128 Å². The van der Waals surface area contributed by atoms with E-state index in [0.29, 0.717) is 6.54 Å². The number of carbonyl (C=O) groups excluding carboxylic acids is 2. The number of benzene rings is 1. The maximum Gasteiger partial charge on any atom is 0.357 e. The Morgan fingerprint density at radius 2 is 1.68 bits per heavy atom. The van der Waals surface area contributed by atoms with Crippen LogP contribution in [0.3, 0.4) is 0 Å². The minimum absolute atomic E-state index is 0.115. The van der Waals surface area contributed by atoms with Crippen molar-refractivity contribution in [2.45, 2.75) is 20.4 Å². The monoisotopic (exact) mass is 302 g/mol. The molecule has 0 aliphatic rings. The van der Waals surface area contributed by atoms with E-state index in [-0.39, 0.29) is 24.5 Å². The van der Waals surface area contributed by atoms with Gasteiger partial charge in [-0.3, -0.25) is 4.68 Å². The Kier molecular flexibility index (Phi) is 5.30. The fraction of sp³-hybridized carbons (Fsp3) is 0.312. The molecule has 0 unspecified atom stereocenters. The van der Waals surface area contributed by atoms with Crippen LogP contribution in [0.5, 0.6) is 0 Å². The highest BCUT2D eigenvalue weighted by molar-refractivity contribution is 6.01. The van der Waals surface area contributed by atoms with Gasteiger partial charge in [-0.05, 0) is 19.4 Å². The molecular formula is C16H18N2O4. The lowest BCUT2D eigenvalue weighted by Gasteiger charge is -2.09. The van der Waals surface area contributed by atoms with Gasteiger partial charge in [0.05, 0.1) is 26.0 Å². The van der Waals surface area contributed by atoms with Gasteiger partial charge in [0, 0.05) is 0 Å². The zero-order chi connectivity index (χ0) is 15.9. The second kappa shape index (κ2) is 7.40. The number of nitrogens with zero attached hydrogens (tertiary/aromatic N) is 2. The Hall–Kier alpha value is -2.63. The standard InChI is InChI=1S/C16H18N2O4/c1-3-21-15(19)13-10-17-18(14(13)16(20)22-4-2)11-12-8-6-5-7-9-12/h5-10H,3-4,11H2,1-2H3. The molecule has 0 aliphatic carbocycles. The van der Waals surface area contributed by atoms with E-state index in [2.05, 4.69) is 5.10 Å². The van der Waals surface area contributed by atoms with Gasteiger partial charge in [-0.2, -0.15) is 5.10 Å². The van der Waals surface area contributed by atoms with Crippen molar-refractivity contribution in [2.75, 3.05) is 13.2 Å². The molecule has 1 aromatic carbocycles. The summed E-state index contributed by atoms with van der Waals surface area (Å²) in [6.45, 7) is 4.23. The van der Waals surface area contributed by atoms with Crippen molar-refractivity contribution in [3.05, 3.63) is 53.3 Å². The van der Waals surface area contributed by atoms with Gasteiger partial charge in [-0.15, -0.1) is 0 Å². The Morgan fingerprint density at radius 1 is 1.05 bits per heavy atom. The predicted molar refractivity (Wildman–Crippen MR) is 79.7 cm³/mol. The summed E-state index contributed by atoms with van der Waals surface area (Å²) in [7, 11) is 0. The molecule has 0 saturated heterocycles. The lowest BCUT2D eigenvalue weighted by molar-refractivity contribution is 0.0470. The van der Waals surface area contributed by atoms with E-state index in [1.807, 2.05) is 30.3 Å². The molecule has 116 valence electrons. The molecule has 22 heavy (non-hydrogen) atoms. The quantitative estimate of drug-likeness (QED) is 0.766. The Bertz CT molecular complexity index is 649. The van der Waals surface area contributed by atoms with Crippen LogP contribution in [-0.4, -0.2) is 34.9 Å². The lowest BCUT2D eigenvalue weighted by atomic mass is 10.2. The number of esters is 2. The van der Waals surface area contributed by atoms with Crippen LogP contribution in [0.4, 0.5) is 0 Å². The molecule has 0 N–H and O–H groups in total. The molecule has 0 aliphatic heterocycles. The van der Waals surface area contributed by atoms with Crippen LogP contribution in [0.2, 0.25) is 0 Å². The maximum absolute atomic E-state index is 12.2. The van der Waals surface area contributed by atoms with Crippen LogP contribution < -0.4 is 0 Å². The molecule has 0 radical (unpaired) electrons. The SMILES string of the molecule is CCOC(=O)c1cnn(Cc2ccccc2)c1C(=O)OCC. The summed E-state index contributed by atoms with van der Waals surface area (Å²) in [6, 6.07) is 9.54. The van der Waals surface area contributed by atoms with E-state index in [1.54, 1.807) is 13.8 Å². The van der Waals surface area contributed by atoms with E-state index in [9.17, 15) is 9.59 Å². The smallest absolute Gasteiger partial charge is 0.357 e. The first-order chi connectivity index (χ1) is 10.7. The highest BCUT2D eigenvalue weighted by atomic mass is 16.5. The molecule has 6 nitrogen and oxygen atoms in total. The van der Waals surface area contributed by atoms with Crippen molar-refractivity contribution in [1.29, 1.82) is 0 Å². The van der Waals surface area contributed by atoms with Crippen molar-refractivity contribution >= 4 is 11.9 Å². The number of hydrogen-bond donors (Lipinski definition) is 0. The largest absolute Gasteiger partial charge is 0.462 e. The van der Waals surface area contributed by atoms with E-state index in [4.69, 9.17) is 9.47 Å². The van der Waals surface area contributed by atoms with Gasteiger partial charge in [0.1, 0.15) is 5.56 Å². The summed E-state index contributed by atoms with van der Waals surface area (Å²) >= 11 is 0. The summed E-state index contributed by atoms with van der Waals surface area (Å²) in [4.78, 5) is 24.1. The Morgan fingerprint density at radius 3 is 2.32 bits per heavy atom. The molecule has 2 aromatic rings. The zero-order valence-corrected chi connectivity index (χ0v) is 12.6. The van der Waals surface area contributed by atoms with Gasteiger partial charge in [0.15, 0.2) is 5.69 Å². The molecule has 0 saturated carbocycles. The van der Waals surface area contributed by atoms with Crippen LogP contribution in [-0.2, 0) is 16.0 Å². The van der Waals surface area contributed by atoms with Crippen LogP contribution in [0.1, 0.15) is 40.3 Å². The summed E-state index contributed by atoms with van der Waals surface area (Å²) in [6.07, 6.45) is 1.34. The molecule has 0 fully saturated rings. The van der Waals surface area contributed by atoms with Crippen molar-refractivity contribution in [3.8, 4) is 0 Å². The predicted octanol–water partition coefficient (Wildman–Crippen LogP) is 2.28. The zero-order valence-electron chi connectivity index (χ0n) is 12.6. The third kappa shape index (κ3) is 3.52. The van der Waals surface area contributed by atoms with E-state index >= 15 is 0 Å².